The first-order valence-electron chi connectivity index (χ1n) is 9.07. The topological polar surface area (TPSA) is 71.7 Å². The van der Waals surface area contributed by atoms with E-state index in [4.69, 9.17) is 0 Å². The molecular weight excluding hydrogens is 384 g/mol. The number of carbonyl (C=O) groups is 2. The summed E-state index contributed by atoms with van der Waals surface area (Å²) < 4.78 is 2.96. The molecule has 0 unspecified atom stereocenters. The van der Waals surface area contributed by atoms with Gasteiger partial charge in [-0.1, -0.05) is 53.3 Å². The minimum absolute atomic E-state index is 0.233. The minimum atomic E-state index is -0.966. The summed E-state index contributed by atoms with van der Waals surface area (Å²) in [5.74, 6) is -1.27. The Bertz CT molecular complexity index is 1280. The Kier molecular flexibility index (Phi) is 5.10. The van der Waals surface area contributed by atoms with Gasteiger partial charge in [0.2, 0.25) is 0 Å². The molecule has 0 bridgehead atoms. The largest absolute Gasteiger partial charge is 0.478 e. The lowest BCUT2D eigenvalue weighted by Gasteiger charge is -2.07. The number of rotatable bonds is 4. The van der Waals surface area contributed by atoms with Gasteiger partial charge in [-0.2, -0.15) is 4.99 Å². The van der Waals surface area contributed by atoms with Gasteiger partial charge in [-0.3, -0.25) is 4.79 Å². The van der Waals surface area contributed by atoms with E-state index in [1.165, 1.54) is 11.3 Å². The van der Waals surface area contributed by atoms with Crippen LogP contribution in [0, 0.1) is 6.92 Å². The highest BCUT2D eigenvalue weighted by Gasteiger charge is 2.11. The highest BCUT2D eigenvalue weighted by Crippen LogP contribution is 2.19. The molecule has 0 aliphatic heterocycles. The summed E-state index contributed by atoms with van der Waals surface area (Å²) in [6.07, 6.45) is 0. The summed E-state index contributed by atoms with van der Waals surface area (Å²) in [5.41, 5.74) is 3.63. The van der Waals surface area contributed by atoms with Crippen LogP contribution >= 0.6 is 11.3 Å². The maximum absolute atomic E-state index is 12.7. The third kappa shape index (κ3) is 4.02. The van der Waals surface area contributed by atoms with Gasteiger partial charge >= 0.3 is 5.97 Å². The van der Waals surface area contributed by atoms with E-state index >= 15 is 0 Å². The fraction of sp³-hybridized carbons (Fsp3) is 0.0870. The molecule has 1 N–H and O–H groups in total. The van der Waals surface area contributed by atoms with E-state index in [0.29, 0.717) is 16.9 Å². The third-order valence-electron chi connectivity index (χ3n) is 4.60. The van der Waals surface area contributed by atoms with E-state index < -0.39 is 5.97 Å². The molecule has 0 aliphatic rings. The van der Waals surface area contributed by atoms with Gasteiger partial charge in [0.25, 0.3) is 5.91 Å². The molecule has 0 saturated heterocycles. The van der Waals surface area contributed by atoms with E-state index in [-0.39, 0.29) is 11.5 Å². The Labute approximate surface area is 171 Å². The van der Waals surface area contributed by atoms with E-state index in [9.17, 15) is 14.7 Å². The molecule has 0 fully saturated rings. The average molecular weight is 402 g/mol. The number of hydrogen-bond acceptors (Lipinski definition) is 3. The van der Waals surface area contributed by atoms with Crippen molar-refractivity contribution in [3.05, 3.63) is 99.9 Å². The molecule has 1 amide bonds. The number of hydrogen-bond donors (Lipinski definition) is 1. The third-order valence-corrected chi connectivity index (χ3v) is 5.66. The van der Waals surface area contributed by atoms with Crippen LogP contribution in [0.15, 0.2) is 77.8 Å². The Balaban J connectivity index is 1.81. The van der Waals surface area contributed by atoms with Crippen LogP contribution in [0.1, 0.15) is 31.8 Å². The molecule has 0 radical (unpaired) electrons. The molecule has 0 atom stereocenters. The van der Waals surface area contributed by atoms with Crippen LogP contribution in [-0.4, -0.2) is 21.6 Å². The first-order chi connectivity index (χ1) is 14.0. The summed E-state index contributed by atoms with van der Waals surface area (Å²) in [5, 5.41) is 9.26. The van der Waals surface area contributed by atoms with Crippen LogP contribution in [0.2, 0.25) is 0 Å². The van der Waals surface area contributed by atoms with E-state index in [2.05, 4.69) is 4.99 Å². The van der Waals surface area contributed by atoms with Crippen LogP contribution in [0.25, 0.3) is 10.2 Å². The van der Waals surface area contributed by atoms with Crippen LogP contribution in [0.3, 0.4) is 0 Å². The fourth-order valence-corrected chi connectivity index (χ4v) is 4.12. The number of carbonyl (C=O) groups excluding carboxylic acids is 1. The predicted molar refractivity (Wildman–Crippen MR) is 113 cm³/mol. The number of amides is 1. The van der Waals surface area contributed by atoms with E-state index in [0.717, 1.165) is 21.3 Å². The summed E-state index contributed by atoms with van der Waals surface area (Å²) in [6.45, 7) is 2.39. The second-order valence-electron chi connectivity index (χ2n) is 6.73. The van der Waals surface area contributed by atoms with E-state index in [1.807, 2.05) is 54.0 Å². The van der Waals surface area contributed by atoms with Gasteiger partial charge in [0.05, 0.1) is 22.3 Å². The molecule has 29 heavy (non-hydrogen) atoms. The molecule has 0 spiro atoms. The normalized spacial score (nSPS) is 11.7. The maximum atomic E-state index is 12.7. The molecule has 4 aromatic rings. The van der Waals surface area contributed by atoms with Gasteiger partial charge in [0, 0.05) is 5.56 Å². The second kappa shape index (κ2) is 7.85. The number of carboxylic acid groups (broad SMARTS) is 1. The SMILES string of the molecule is Cc1ccc(C(=O)N=c2sc3ccccc3n2Cc2cccc(C(=O)O)c2)cc1. The average Bonchev–Trinajstić information content (AvgIpc) is 3.05. The highest BCUT2D eigenvalue weighted by molar-refractivity contribution is 7.16. The highest BCUT2D eigenvalue weighted by atomic mass is 32.1. The standard InChI is InChI=1S/C23H18N2O3S/c1-15-9-11-17(12-10-15)21(26)24-23-25(19-7-2-3-8-20(19)29-23)14-16-5-4-6-18(13-16)22(27)28/h2-13H,14H2,1H3,(H,27,28). The van der Waals surface area contributed by atoms with Gasteiger partial charge in [-0.15, -0.1) is 0 Å². The minimum Gasteiger partial charge on any atom is -0.478 e. The lowest BCUT2D eigenvalue weighted by Crippen LogP contribution is -2.18. The molecule has 1 aromatic heterocycles. The number of benzene rings is 3. The van der Waals surface area contributed by atoms with Gasteiger partial charge < -0.3 is 9.67 Å². The van der Waals surface area contributed by atoms with Crippen LogP contribution in [0.5, 0.6) is 0 Å². The van der Waals surface area contributed by atoms with Crippen molar-refractivity contribution in [1.29, 1.82) is 0 Å². The van der Waals surface area contributed by atoms with Crippen molar-refractivity contribution in [2.24, 2.45) is 4.99 Å². The van der Waals surface area contributed by atoms with Gasteiger partial charge in [0.15, 0.2) is 4.80 Å². The molecule has 4 rings (SSSR count). The predicted octanol–water partition coefficient (Wildman–Crippen LogP) is 4.50. The van der Waals surface area contributed by atoms with E-state index in [1.54, 1.807) is 30.3 Å². The first kappa shape index (κ1) is 18.8. The number of thiazole rings is 1. The van der Waals surface area contributed by atoms with Crippen LogP contribution in [-0.2, 0) is 6.54 Å². The summed E-state index contributed by atoms with van der Waals surface area (Å²) in [4.78, 5) is 28.9. The number of aromatic nitrogens is 1. The molecule has 0 saturated carbocycles. The van der Waals surface area contributed by atoms with Crippen molar-refractivity contribution >= 4 is 33.4 Å². The molecule has 1 heterocycles. The van der Waals surface area contributed by atoms with Gasteiger partial charge in [0.1, 0.15) is 0 Å². The van der Waals surface area contributed by atoms with Crippen molar-refractivity contribution in [2.45, 2.75) is 13.5 Å². The molecule has 144 valence electrons. The zero-order valence-electron chi connectivity index (χ0n) is 15.7. The molecule has 6 heteroatoms. The zero-order chi connectivity index (χ0) is 20.4. The number of para-hydroxylation sites is 1. The Morgan fingerprint density at radius 3 is 2.48 bits per heavy atom. The number of carboxylic acids is 1. The summed E-state index contributed by atoms with van der Waals surface area (Å²) in [6, 6.07) is 22.0. The van der Waals surface area contributed by atoms with Crippen molar-refractivity contribution in [2.75, 3.05) is 0 Å². The first-order valence-corrected chi connectivity index (χ1v) is 9.89. The van der Waals surface area contributed by atoms with Crippen molar-refractivity contribution in [1.82, 2.24) is 4.57 Å². The number of aryl methyl sites for hydroxylation is 1. The molecule has 5 nitrogen and oxygen atoms in total. The lowest BCUT2D eigenvalue weighted by molar-refractivity contribution is 0.0696. The molecule has 0 aliphatic carbocycles. The van der Waals surface area contributed by atoms with Crippen LogP contribution in [0.4, 0.5) is 0 Å². The maximum Gasteiger partial charge on any atom is 0.335 e. The lowest BCUT2D eigenvalue weighted by atomic mass is 10.1. The van der Waals surface area contributed by atoms with Gasteiger partial charge in [-0.05, 0) is 48.9 Å². The van der Waals surface area contributed by atoms with Gasteiger partial charge in [-0.25, -0.2) is 4.79 Å². The molecular formula is C23H18N2O3S. The van der Waals surface area contributed by atoms with Crippen molar-refractivity contribution in [3.63, 3.8) is 0 Å². The molecule has 3 aromatic carbocycles. The quantitative estimate of drug-likeness (QED) is 0.546. The monoisotopic (exact) mass is 402 g/mol. The number of nitrogens with zero attached hydrogens (tertiary/aromatic N) is 2. The Morgan fingerprint density at radius 1 is 0.966 bits per heavy atom. The summed E-state index contributed by atoms with van der Waals surface area (Å²) in [7, 11) is 0. The Hall–Kier alpha value is -3.51. The summed E-state index contributed by atoms with van der Waals surface area (Å²) >= 11 is 1.44. The number of aromatic carboxylic acids is 1. The fourth-order valence-electron chi connectivity index (χ4n) is 3.09. The van der Waals surface area contributed by atoms with Crippen molar-refractivity contribution in [3.8, 4) is 0 Å². The number of fused-ring (bicyclic) bond motifs is 1. The second-order valence-corrected chi connectivity index (χ2v) is 7.74. The van der Waals surface area contributed by atoms with Crippen molar-refractivity contribution < 1.29 is 14.7 Å². The zero-order valence-corrected chi connectivity index (χ0v) is 16.5. The van der Waals surface area contributed by atoms with Crippen LogP contribution < -0.4 is 4.80 Å². The Morgan fingerprint density at radius 2 is 1.72 bits per heavy atom. The smallest absolute Gasteiger partial charge is 0.335 e.